The molecule has 0 radical (unpaired) electrons. The van der Waals surface area contributed by atoms with Crippen LogP contribution in [0.2, 0.25) is 0 Å². The van der Waals surface area contributed by atoms with Crippen LogP contribution in [0.5, 0.6) is 0 Å². The van der Waals surface area contributed by atoms with Crippen molar-refractivity contribution in [2.45, 2.75) is 38.5 Å². The zero-order chi connectivity index (χ0) is 25.3. The third kappa shape index (κ3) is 4.20. The summed E-state index contributed by atoms with van der Waals surface area (Å²) in [6, 6.07) is 31.6. The predicted molar refractivity (Wildman–Crippen MR) is 162 cm³/mol. The molecule has 190 valence electrons. The van der Waals surface area contributed by atoms with E-state index in [4.69, 9.17) is 4.98 Å². The van der Waals surface area contributed by atoms with Gasteiger partial charge in [0.15, 0.2) is 0 Å². The van der Waals surface area contributed by atoms with Gasteiger partial charge in [0.1, 0.15) is 0 Å². The second-order valence-corrected chi connectivity index (χ2v) is 10.9. The molecule has 0 unspecified atom stereocenters. The van der Waals surface area contributed by atoms with Gasteiger partial charge in [0.25, 0.3) is 0 Å². The smallest absolute Gasteiger partial charge is 0.0714 e. The van der Waals surface area contributed by atoms with Gasteiger partial charge in [-0.25, -0.2) is 0 Å². The molecule has 2 aliphatic heterocycles. The third-order valence-corrected chi connectivity index (χ3v) is 8.51. The molecule has 0 atom stereocenters. The monoisotopic (exact) mass is 497 g/mol. The van der Waals surface area contributed by atoms with Gasteiger partial charge in [0.2, 0.25) is 0 Å². The van der Waals surface area contributed by atoms with Crippen molar-refractivity contribution in [1.29, 1.82) is 0 Å². The van der Waals surface area contributed by atoms with E-state index >= 15 is 0 Å². The Hall–Kier alpha value is -3.85. The maximum absolute atomic E-state index is 4.88. The minimum absolute atomic E-state index is 1.05. The Morgan fingerprint density at radius 2 is 1.03 bits per heavy atom. The molecule has 2 fully saturated rings. The first-order chi connectivity index (χ1) is 18.9. The van der Waals surface area contributed by atoms with Crippen LogP contribution in [0.3, 0.4) is 0 Å². The fourth-order valence-electron chi connectivity index (χ4n) is 6.60. The summed E-state index contributed by atoms with van der Waals surface area (Å²) in [7, 11) is 0. The van der Waals surface area contributed by atoms with Crippen LogP contribution in [0.15, 0.2) is 91.1 Å². The largest absolute Gasteiger partial charge is 0.372 e. The predicted octanol–water partition coefficient (Wildman–Crippen LogP) is 8.70. The Morgan fingerprint density at radius 3 is 1.61 bits per heavy atom. The van der Waals surface area contributed by atoms with Gasteiger partial charge in [-0.15, -0.1) is 0 Å². The van der Waals surface area contributed by atoms with E-state index in [0.717, 1.165) is 31.9 Å². The molecule has 0 N–H and O–H groups in total. The average Bonchev–Trinajstić information content (AvgIpc) is 3.01. The van der Waals surface area contributed by atoms with Gasteiger partial charge < -0.3 is 9.80 Å². The van der Waals surface area contributed by atoms with E-state index in [9.17, 15) is 0 Å². The van der Waals surface area contributed by atoms with Crippen LogP contribution in [0.25, 0.3) is 43.9 Å². The van der Waals surface area contributed by atoms with E-state index in [-0.39, 0.29) is 0 Å². The Balaban J connectivity index is 1.55. The van der Waals surface area contributed by atoms with Gasteiger partial charge in [-0.05, 0) is 108 Å². The highest BCUT2D eigenvalue weighted by atomic mass is 15.1. The number of nitrogens with zero attached hydrogens (tertiary/aromatic N) is 3. The maximum atomic E-state index is 4.88. The molecule has 4 aromatic carbocycles. The van der Waals surface area contributed by atoms with Crippen molar-refractivity contribution in [3.63, 3.8) is 0 Å². The standard InChI is InChI=1S/C35H35N3/c1-4-12-26(13-5-1)34-29-17-15-28(38-22-10-3-11-23-38)25-32(29)35(33-14-6-7-19-36-33)30-18-16-27(24-31(30)34)37-20-8-2-9-21-37/h1,4-7,12-19,24-25H,2-3,8-11,20-23H2. The lowest BCUT2D eigenvalue weighted by Crippen LogP contribution is -2.29. The first-order valence-electron chi connectivity index (χ1n) is 14.4. The van der Waals surface area contributed by atoms with Crippen LogP contribution in [0.4, 0.5) is 11.4 Å². The summed E-state index contributed by atoms with van der Waals surface area (Å²) in [6.45, 7) is 4.57. The van der Waals surface area contributed by atoms with Gasteiger partial charge >= 0.3 is 0 Å². The third-order valence-electron chi connectivity index (χ3n) is 8.51. The van der Waals surface area contributed by atoms with Crippen LogP contribution in [-0.4, -0.2) is 31.2 Å². The normalized spacial score (nSPS) is 16.3. The van der Waals surface area contributed by atoms with E-state index in [2.05, 4.69) is 88.7 Å². The zero-order valence-electron chi connectivity index (χ0n) is 22.1. The first-order valence-corrected chi connectivity index (χ1v) is 14.4. The van der Waals surface area contributed by atoms with Crippen molar-refractivity contribution in [1.82, 2.24) is 4.98 Å². The second-order valence-electron chi connectivity index (χ2n) is 10.9. The van der Waals surface area contributed by atoms with Gasteiger partial charge in [-0.2, -0.15) is 0 Å². The SMILES string of the molecule is c1ccc(-c2c3cc(N4CCCCC4)ccc3c(-c3ccccn3)c3cc(N4CCCCC4)ccc23)cc1. The summed E-state index contributed by atoms with van der Waals surface area (Å²) < 4.78 is 0. The highest BCUT2D eigenvalue weighted by molar-refractivity contribution is 6.22. The molecule has 0 spiro atoms. The molecular formula is C35H35N3. The van der Waals surface area contributed by atoms with Crippen molar-refractivity contribution in [3.8, 4) is 22.4 Å². The molecule has 5 aromatic rings. The summed E-state index contributed by atoms with van der Waals surface area (Å²) in [4.78, 5) is 10.0. The highest BCUT2D eigenvalue weighted by Gasteiger charge is 2.21. The van der Waals surface area contributed by atoms with E-state index in [0.29, 0.717) is 0 Å². The van der Waals surface area contributed by atoms with E-state index in [1.807, 2.05) is 12.3 Å². The van der Waals surface area contributed by atoms with Gasteiger partial charge in [-0.1, -0.05) is 48.5 Å². The van der Waals surface area contributed by atoms with Crippen molar-refractivity contribution in [2.75, 3.05) is 36.0 Å². The summed E-state index contributed by atoms with van der Waals surface area (Å²) >= 11 is 0. The maximum Gasteiger partial charge on any atom is 0.0714 e. The van der Waals surface area contributed by atoms with Crippen LogP contribution in [-0.2, 0) is 0 Å². The van der Waals surface area contributed by atoms with Crippen molar-refractivity contribution < 1.29 is 0 Å². The fraction of sp³-hybridized carbons (Fsp3) is 0.286. The number of piperidine rings is 2. The van der Waals surface area contributed by atoms with E-state index < -0.39 is 0 Å². The quantitative estimate of drug-likeness (QED) is 0.232. The lowest BCUT2D eigenvalue weighted by Gasteiger charge is -2.30. The van der Waals surface area contributed by atoms with Crippen LogP contribution in [0, 0.1) is 0 Å². The summed E-state index contributed by atoms with van der Waals surface area (Å²) in [6.07, 6.45) is 9.71. The Labute approximate surface area is 225 Å². The second kappa shape index (κ2) is 10.1. The Morgan fingerprint density at radius 1 is 0.474 bits per heavy atom. The zero-order valence-corrected chi connectivity index (χ0v) is 22.1. The molecule has 0 amide bonds. The van der Waals surface area contributed by atoms with Crippen LogP contribution < -0.4 is 9.80 Å². The fourth-order valence-corrected chi connectivity index (χ4v) is 6.60. The first kappa shape index (κ1) is 23.3. The average molecular weight is 498 g/mol. The molecule has 0 saturated carbocycles. The summed E-state index contributed by atoms with van der Waals surface area (Å²) in [5, 5.41) is 5.20. The molecule has 0 aliphatic carbocycles. The molecule has 2 saturated heterocycles. The molecule has 3 heteroatoms. The molecule has 3 heterocycles. The lowest BCUT2D eigenvalue weighted by molar-refractivity contribution is 0.578. The van der Waals surface area contributed by atoms with Gasteiger partial charge in [-0.3, -0.25) is 4.98 Å². The number of pyridine rings is 1. The molecule has 7 rings (SSSR count). The topological polar surface area (TPSA) is 19.4 Å². The lowest BCUT2D eigenvalue weighted by atomic mass is 9.86. The molecule has 3 nitrogen and oxygen atoms in total. The Bertz CT molecular complexity index is 1440. The summed E-state index contributed by atoms with van der Waals surface area (Å²) in [5.74, 6) is 0. The van der Waals surface area contributed by atoms with E-state index in [1.165, 1.54) is 88.1 Å². The molecule has 2 aliphatic rings. The minimum Gasteiger partial charge on any atom is -0.372 e. The molecular weight excluding hydrogens is 462 g/mol. The number of hydrogen-bond donors (Lipinski definition) is 0. The number of anilines is 2. The summed E-state index contributed by atoms with van der Waals surface area (Å²) in [5.41, 5.74) is 7.57. The van der Waals surface area contributed by atoms with Crippen molar-refractivity contribution in [3.05, 3.63) is 91.1 Å². The minimum atomic E-state index is 1.05. The number of aromatic nitrogens is 1. The highest BCUT2D eigenvalue weighted by Crippen LogP contribution is 2.45. The van der Waals surface area contributed by atoms with Crippen molar-refractivity contribution >= 4 is 32.9 Å². The van der Waals surface area contributed by atoms with Crippen LogP contribution >= 0.6 is 0 Å². The van der Waals surface area contributed by atoms with E-state index in [1.54, 1.807) is 0 Å². The molecule has 1 aromatic heterocycles. The van der Waals surface area contributed by atoms with Gasteiger partial charge in [0.05, 0.1) is 5.69 Å². The Kier molecular flexibility index (Phi) is 6.21. The number of benzene rings is 4. The number of rotatable bonds is 4. The molecule has 0 bridgehead atoms. The van der Waals surface area contributed by atoms with Gasteiger partial charge in [0, 0.05) is 49.3 Å². The molecule has 38 heavy (non-hydrogen) atoms. The number of hydrogen-bond acceptors (Lipinski definition) is 3. The van der Waals surface area contributed by atoms with Crippen molar-refractivity contribution in [2.24, 2.45) is 0 Å². The number of fused-ring (bicyclic) bond motifs is 2. The van der Waals surface area contributed by atoms with Crippen LogP contribution in [0.1, 0.15) is 38.5 Å².